The quantitative estimate of drug-likeness (QED) is 0.805. The number of aromatic nitrogens is 1. The molecule has 1 fully saturated rings. The molecule has 124 valence electrons. The summed E-state index contributed by atoms with van der Waals surface area (Å²) in [6, 6.07) is 15.3. The Morgan fingerprint density at radius 1 is 1.04 bits per heavy atom. The molecule has 1 aliphatic heterocycles. The zero-order valence-electron chi connectivity index (χ0n) is 14.4. The van der Waals surface area contributed by atoms with Crippen LogP contribution in [0.1, 0.15) is 38.2 Å². The molecule has 2 aromatic rings. The fourth-order valence-electron chi connectivity index (χ4n) is 3.61. The molecule has 1 aliphatic rings. The van der Waals surface area contributed by atoms with Gasteiger partial charge in [-0.1, -0.05) is 31.2 Å². The van der Waals surface area contributed by atoms with Gasteiger partial charge in [-0.15, -0.1) is 0 Å². The van der Waals surface area contributed by atoms with Gasteiger partial charge in [-0.3, -0.25) is 9.88 Å². The molecule has 24 heavy (non-hydrogen) atoms. The van der Waals surface area contributed by atoms with Gasteiger partial charge in [0.1, 0.15) is 0 Å². The van der Waals surface area contributed by atoms with Crippen molar-refractivity contribution < 1.29 is 0 Å². The minimum absolute atomic E-state index is 0.260. The predicted octanol–water partition coefficient (Wildman–Crippen LogP) is 4.65. The maximum atomic E-state index is 9.07. The lowest BCUT2D eigenvalue weighted by Gasteiger charge is -2.40. The van der Waals surface area contributed by atoms with Crippen molar-refractivity contribution in [1.29, 1.82) is 5.26 Å². The van der Waals surface area contributed by atoms with Crippen LogP contribution in [-0.4, -0.2) is 23.0 Å². The predicted molar refractivity (Wildman–Crippen MR) is 97.1 cm³/mol. The van der Waals surface area contributed by atoms with E-state index in [1.807, 2.05) is 24.5 Å². The Labute approximate surface area is 145 Å². The van der Waals surface area contributed by atoms with Crippen LogP contribution in [0.2, 0.25) is 0 Å². The number of nitriles is 1. The lowest BCUT2D eigenvalue weighted by molar-refractivity contribution is 0.0980. The highest BCUT2D eigenvalue weighted by Gasteiger charge is 2.32. The topological polar surface area (TPSA) is 39.9 Å². The van der Waals surface area contributed by atoms with Crippen LogP contribution < -0.4 is 0 Å². The minimum atomic E-state index is 0.260. The first-order valence-corrected chi connectivity index (χ1v) is 8.83. The second-order valence-corrected chi connectivity index (χ2v) is 6.90. The standard InChI is InChI=1S/C21H25N3/c1-2-21(9-12-22)10-15-24(16-11-21)17-18-3-5-19(6-4-18)20-7-13-23-14-8-20/h3-8,13-14H,2,9-11,15-17H2,1H3. The molecule has 0 atom stereocenters. The molecule has 2 heterocycles. The molecular weight excluding hydrogens is 294 g/mol. The molecule has 0 N–H and O–H groups in total. The summed E-state index contributed by atoms with van der Waals surface area (Å²) in [5, 5.41) is 9.07. The Morgan fingerprint density at radius 2 is 1.67 bits per heavy atom. The largest absolute Gasteiger partial charge is 0.299 e. The summed E-state index contributed by atoms with van der Waals surface area (Å²) in [5.41, 5.74) is 4.06. The van der Waals surface area contributed by atoms with Gasteiger partial charge >= 0.3 is 0 Å². The highest BCUT2D eigenvalue weighted by Crippen LogP contribution is 2.38. The maximum Gasteiger partial charge on any atom is 0.0627 e. The first-order valence-electron chi connectivity index (χ1n) is 8.83. The molecule has 3 rings (SSSR count). The van der Waals surface area contributed by atoms with Gasteiger partial charge in [0.05, 0.1) is 6.07 Å². The summed E-state index contributed by atoms with van der Waals surface area (Å²) in [6.07, 6.45) is 7.78. The van der Waals surface area contributed by atoms with Crippen LogP contribution in [0.4, 0.5) is 0 Å². The average Bonchev–Trinajstić information content (AvgIpc) is 2.65. The molecule has 0 aliphatic carbocycles. The number of pyridine rings is 1. The highest BCUT2D eigenvalue weighted by molar-refractivity contribution is 5.62. The number of nitrogens with zero attached hydrogens (tertiary/aromatic N) is 3. The van der Waals surface area contributed by atoms with Gasteiger partial charge in [0.2, 0.25) is 0 Å². The molecule has 1 aromatic heterocycles. The van der Waals surface area contributed by atoms with Gasteiger partial charge in [0, 0.05) is 25.4 Å². The molecule has 3 nitrogen and oxygen atoms in total. The average molecular weight is 319 g/mol. The summed E-state index contributed by atoms with van der Waals surface area (Å²) >= 11 is 0. The van der Waals surface area contributed by atoms with Gasteiger partial charge in [0.15, 0.2) is 0 Å². The van der Waals surface area contributed by atoms with E-state index in [0.29, 0.717) is 6.42 Å². The number of hydrogen-bond acceptors (Lipinski definition) is 3. The summed E-state index contributed by atoms with van der Waals surface area (Å²) in [6.45, 7) is 5.43. The van der Waals surface area contributed by atoms with E-state index in [2.05, 4.69) is 47.1 Å². The minimum Gasteiger partial charge on any atom is -0.299 e. The van der Waals surface area contributed by atoms with Crippen molar-refractivity contribution >= 4 is 0 Å². The van der Waals surface area contributed by atoms with Crippen LogP contribution in [-0.2, 0) is 6.54 Å². The molecule has 0 bridgehead atoms. The third-order valence-electron chi connectivity index (χ3n) is 5.49. The van der Waals surface area contributed by atoms with Crippen LogP contribution in [0.5, 0.6) is 0 Å². The lowest BCUT2D eigenvalue weighted by Crippen LogP contribution is -2.39. The summed E-state index contributed by atoms with van der Waals surface area (Å²) in [5.74, 6) is 0. The van der Waals surface area contributed by atoms with E-state index in [0.717, 1.165) is 38.9 Å². The Balaban J connectivity index is 1.59. The van der Waals surface area contributed by atoms with Crippen molar-refractivity contribution in [3.8, 4) is 17.2 Å². The normalized spacial score (nSPS) is 17.3. The van der Waals surface area contributed by atoms with Crippen molar-refractivity contribution in [3.63, 3.8) is 0 Å². The molecule has 3 heteroatoms. The van der Waals surface area contributed by atoms with Crippen LogP contribution in [0.15, 0.2) is 48.8 Å². The molecular formula is C21H25N3. The van der Waals surface area contributed by atoms with E-state index in [1.54, 1.807) is 0 Å². The van der Waals surface area contributed by atoms with Crippen molar-refractivity contribution in [2.75, 3.05) is 13.1 Å². The lowest BCUT2D eigenvalue weighted by atomic mass is 9.74. The van der Waals surface area contributed by atoms with Crippen molar-refractivity contribution in [1.82, 2.24) is 9.88 Å². The molecule has 0 radical (unpaired) electrons. The van der Waals surface area contributed by atoms with Gasteiger partial charge < -0.3 is 0 Å². The third-order valence-corrected chi connectivity index (χ3v) is 5.49. The second kappa shape index (κ2) is 7.59. The molecule has 1 aromatic carbocycles. The van der Waals surface area contributed by atoms with E-state index in [4.69, 9.17) is 5.26 Å². The van der Waals surface area contributed by atoms with E-state index in [1.165, 1.54) is 16.7 Å². The first-order chi connectivity index (χ1) is 11.7. The van der Waals surface area contributed by atoms with Crippen LogP contribution in [0.3, 0.4) is 0 Å². The van der Waals surface area contributed by atoms with E-state index in [-0.39, 0.29) is 5.41 Å². The molecule has 0 spiro atoms. The van der Waals surface area contributed by atoms with Gasteiger partial charge in [-0.05, 0) is 66.6 Å². The van der Waals surface area contributed by atoms with E-state index >= 15 is 0 Å². The van der Waals surface area contributed by atoms with Crippen molar-refractivity contribution in [3.05, 3.63) is 54.4 Å². The van der Waals surface area contributed by atoms with E-state index in [9.17, 15) is 0 Å². The van der Waals surface area contributed by atoms with Gasteiger partial charge in [0.25, 0.3) is 0 Å². The highest BCUT2D eigenvalue weighted by atomic mass is 15.1. The van der Waals surface area contributed by atoms with Gasteiger partial charge in [-0.2, -0.15) is 5.26 Å². The molecule has 1 saturated heterocycles. The van der Waals surface area contributed by atoms with Crippen LogP contribution >= 0.6 is 0 Å². The van der Waals surface area contributed by atoms with Crippen molar-refractivity contribution in [2.24, 2.45) is 5.41 Å². The maximum absolute atomic E-state index is 9.07. The monoisotopic (exact) mass is 319 g/mol. The van der Waals surface area contributed by atoms with Crippen molar-refractivity contribution in [2.45, 2.75) is 39.2 Å². The fourth-order valence-corrected chi connectivity index (χ4v) is 3.61. The summed E-state index contributed by atoms with van der Waals surface area (Å²) in [7, 11) is 0. The number of hydrogen-bond donors (Lipinski definition) is 0. The Kier molecular flexibility index (Phi) is 5.27. The fraction of sp³-hybridized carbons (Fsp3) is 0.429. The SMILES string of the molecule is CCC1(CC#N)CCN(Cc2ccc(-c3ccncc3)cc2)CC1. The first kappa shape index (κ1) is 16.7. The third kappa shape index (κ3) is 3.83. The Morgan fingerprint density at radius 3 is 2.25 bits per heavy atom. The zero-order valence-corrected chi connectivity index (χ0v) is 14.4. The molecule has 0 saturated carbocycles. The Hall–Kier alpha value is -2.18. The van der Waals surface area contributed by atoms with Crippen LogP contribution in [0, 0.1) is 16.7 Å². The zero-order chi connectivity index (χ0) is 16.8. The number of likely N-dealkylation sites (tertiary alicyclic amines) is 1. The van der Waals surface area contributed by atoms with Crippen LogP contribution in [0.25, 0.3) is 11.1 Å². The summed E-state index contributed by atoms with van der Waals surface area (Å²) in [4.78, 5) is 6.59. The van der Waals surface area contributed by atoms with E-state index < -0.39 is 0 Å². The second-order valence-electron chi connectivity index (χ2n) is 6.90. The molecule has 0 unspecified atom stereocenters. The number of rotatable bonds is 5. The smallest absolute Gasteiger partial charge is 0.0627 e. The van der Waals surface area contributed by atoms with Gasteiger partial charge in [-0.25, -0.2) is 0 Å². The Bertz CT molecular complexity index is 677. The molecule has 0 amide bonds. The number of benzene rings is 1. The summed E-state index contributed by atoms with van der Waals surface area (Å²) < 4.78 is 0. The number of piperidine rings is 1.